The van der Waals surface area contributed by atoms with Gasteiger partial charge in [-0.1, -0.05) is 121 Å². The van der Waals surface area contributed by atoms with E-state index in [9.17, 15) is 9.59 Å². The van der Waals surface area contributed by atoms with Crippen LogP contribution in [-0.2, 0) is 45.0 Å². The average molecular weight is 837 g/mol. The second-order valence-corrected chi connectivity index (χ2v) is 15.3. The Morgan fingerprint density at radius 1 is 0.419 bits per heavy atom. The minimum Gasteiger partial charge on any atom is -0.497 e. The molecule has 0 aliphatic carbocycles. The first-order chi connectivity index (χ1) is 30.3. The van der Waals surface area contributed by atoms with Gasteiger partial charge in [0, 0.05) is 24.9 Å². The third-order valence-corrected chi connectivity index (χ3v) is 10.6. The second kappa shape index (κ2) is 23.4. The highest BCUT2D eigenvalue weighted by molar-refractivity contribution is 6.29. The van der Waals surface area contributed by atoms with Crippen LogP contribution in [0.4, 0.5) is 0 Å². The predicted octanol–water partition coefficient (Wildman–Crippen LogP) is 8.88. The molecule has 10 heteroatoms. The van der Waals surface area contributed by atoms with Crippen molar-refractivity contribution in [3.63, 3.8) is 0 Å². The second-order valence-electron chi connectivity index (χ2n) is 15.3. The standard InChI is InChI=1S/C52H56N2O8/c1-53(35-41-21-13-7-14-22-41)49(43(33-39-17-9-5-10-18-39)37-59-47-29-25-45(57-3)26-30-47)61-51(55)52(56)62-50(54(2)36-42-23-15-8-16-24-42)44(34-40-19-11-6-12-20-40)38-60-48-31-27-46(58-4)28-32-48/h5-32,43-44,49-50H,33-38H2,1-4H3. The summed E-state index contributed by atoms with van der Waals surface area (Å²) in [5.74, 6) is -0.366. The number of carbonyl (C=O) groups excluding carboxylic acids is 2. The number of nitrogens with zero attached hydrogens (tertiary/aromatic N) is 2. The Hall–Kier alpha value is -6.62. The summed E-state index contributed by atoms with van der Waals surface area (Å²) in [6.45, 7) is 1.23. The molecular weight excluding hydrogens is 781 g/mol. The Bertz CT molecular complexity index is 2050. The lowest BCUT2D eigenvalue weighted by atomic mass is 9.97. The van der Waals surface area contributed by atoms with Gasteiger partial charge < -0.3 is 28.4 Å². The lowest BCUT2D eigenvalue weighted by Crippen LogP contribution is -2.48. The van der Waals surface area contributed by atoms with E-state index in [1.54, 1.807) is 14.2 Å². The number of carbonyl (C=O) groups is 2. The molecule has 0 heterocycles. The summed E-state index contributed by atoms with van der Waals surface area (Å²) in [6.07, 6.45) is -0.804. The van der Waals surface area contributed by atoms with E-state index in [1.807, 2.05) is 194 Å². The first-order valence-electron chi connectivity index (χ1n) is 20.8. The molecule has 0 aliphatic rings. The quantitative estimate of drug-likeness (QED) is 0.0375. The van der Waals surface area contributed by atoms with Crippen molar-refractivity contribution in [1.29, 1.82) is 0 Å². The molecule has 0 aromatic heterocycles. The SMILES string of the molecule is COc1ccc(OCC(Cc2ccccc2)C(OC(=O)C(=O)OC(C(COc2ccc(OC)cc2)Cc2ccccc2)N(C)Cc2ccccc2)N(C)Cc2ccccc2)cc1. The molecule has 0 amide bonds. The highest BCUT2D eigenvalue weighted by Gasteiger charge is 2.37. The Morgan fingerprint density at radius 2 is 0.710 bits per heavy atom. The molecule has 0 aliphatic heterocycles. The number of hydrogen-bond acceptors (Lipinski definition) is 10. The molecule has 0 radical (unpaired) electrons. The van der Waals surface area contributed by atoms with E-state index in [2.05, 4.69) is 0 Å². The van der Waals surface area contributed by atoms with Crippen molar-refractivity contribution >= 4 is 11.9 Å². The smallest absolute Gasteiger partial charge is 0.419 e. The normalized spacial score (nSPS) is 13.1. The van der Waals surface area contributed by atoms with Crippen molar-refractivity contribution in [1.82, 2.24) is 9.80 Å². The topological polar surface area (TPSA) is 96.0 Å². The molecule has 6 aromatic carbocycles. The summed E-state index contributed by atoms with van der Waals surface area (Å²) in [6, 6.07) is 54.4. The summed E-state index contributed by atoms with van der Waals surface area (Å²) in [5, 5.41) is 0. The molecule has 62 heavy (non-hydrogen) atoms. The molecule has 0 saturated heterocycles. The molecule has 6 rings (SSSR count). The Kier molecular flexibility index (Phi) is 17.0. The van der Waals surface area contributed by atoms with Crippen LogP contribution in [0, 0.1) is 11.8 Å². The van der Waals surface area contributed by atoms with Gasteiger partial charge in [-0.25, -0.2) is 9.59 Å². The maximum atomic E-state index is 14.3. The molecule has 4 atom stereocenters. The van der Waals surface area contributed by atoms with Gasteiger partial charge in [-0.15, -0.1) is 0 Å². The summed E-state index contributed by atoms with van der Waals surface area (Å²) in [7, 11) is 6.98. The lowest BCUT2D eigenvalue weighted by molar-refractivity contribution is -0.191. The number of benzene rings is 6. The van der Waals surface area contributed by atoms with Crippen molar-refractivity contribution in [3.8, 4) is 23.0 Å². The van der Waals surface area contributed by atoms with Gasteiger partial charge >= 0.3 is 11.9 Å². The van der Waals surface area contributed by atoms with Gasteiger partial charge in [-0.05, 0) is 97.7 Å². The van der Waals surface area contributed by atoms with Gasteiger partial charge in [0.05, 0.1) is 27.4 Å². The van der Waals surface area contributed by atoms with Gasteiger partial charge in [0.1, 0.15) is 23.0 Å². The van der Waals surface area contributed by atoms with E-state index in [4.69, 9.17) is 28.4 Å². The van der Waals surface area contributed by atoms with E-state index < -0.39 is 36.2 Å². The van der Waals surface area contributed by atoms with E-state index in [-0.39, 0.29) is 13.2 Å². The van der Waals surface area contributed by atoms with E-state index in [1.165, 1.54) is 0 Å². The van der Waals surface area contributed by atoms with Crippen LogP contribution in [-0.4, -0.2) is 75.7 Å². The third kappa shape index (κ3) is 13.7. The van der Waals surface area contributed by atoms with Crippen LogP contribution in [0.2, 0.25) is 0 Å². The van der Waals surface area contributed by atoms with Gasteiger partial charge in [-0.3, -0.25) is 9.80 Å². The zero-order valence-electron chi connectivity index (χ0n) is 35.9. The Balaban J connectivity index is 1.29. The molecule has 0 spiro atoms. The zero-order chi connectivity index (χ0) is 43.5. The fourth-order valence-corrected chi connectivity index (χ4v) is 7.40. The third-order valence-electron chi connectivity index (χ3n) is 10.6. The molecule has 4 unspecified atom stereocenters. The predicted molar refractivity (Wildman–Crippen MR) is 240 cm³/mol. The van der Waals surface area contributed by atoms with Gasteiger partial charge in [0.15, 0.2) is 12.5 Å². The highest BCUT2D eigenvalue weighted by Crippen LogP contribution is 2.26. The van der Waals surface area contributed by atoms with Crippen LogP contribution in [0.5, 0.6) is 23.0 Å². The van der Waals surface area contributed by atoms with Gasteiger partial charge in [0.25, 0.3) is 0 Å². The van der Waals surface area contributed by atoms with Crippen molar-refractivity contribution in [2.24, 2.45) is 11.8 Å². The lowest BCUT2D eigenvalue weighted by Gasteiger charge is -2.35. The first-order valence-corrected chi connectivity index (χ1v) is 20.8. The van der Waals surface area contributed by atoms with E-state index in [0.717, 1.165) is 22.3 Å². The molecular formula is C52H56N2O8. The van der Waals surface area contributed by atoms with Crippen LogP contribution >= 0.6 is 0 Å². The molecule has 0 fully saturated rings. The number of esters is 2. The van der Waals surface area contributed by atoms with Gasteiger partial charge in [0.2, 0.25) is 0 Å². The zero-order valence-corrected chi connectivity index (χ0v) is 35.9. The molecule has 10 nitrogen and oxygen atoms in total. The van der Waals surface area contributed by atoms with Gasteiger partial charge in [-0.2, -0.15) is 0 Å². The summed E-state index contributed by atoms with van der Waals surface area (Å²) >= 11 is 0. The molecule has 0 saturated carbocycles. The van der Waals surface area contributed by atoms with E-state index >= 15 is 0 Å². The summed E-state index contributed by atoms with van der Waals surface area (Å²) in [5.41, 5.74) is 4.07. The maximum Gasteiger partial charge on any atom is 0.419 e. The van der Waals surface area contributed by atoms with Crippen LogP contribution < -0.4 is 18.9 Å². The first kappa shape index (κ1) is 44.9. The largest absolute Gasteiger partial charge is 0.497 e. The van der Waals surface area contributed by atoms with Crippen molar-refractivity contribution in [3.05, 3.63) is 192 Å². The van der Waals surface area contributed by atoms with E-state index in [0.29, 0.717) is 48.9 Å². The van der Waals surface area contributed by atoms with Crippen LogP contribution in [0.3, 0.4) is 0 Å². The molecule has 0 N–H and O–H groups in total. The molecule has 322 valence electrons. The minimum absolute atomic E-state index is 0.178. The maximum absolute atomic E-state index is 14.3. The number of hydrogen-bond donors (Lipinski definition) is 0. The Morgan fingerprint density at radius 3 is 1.02 bits per heavy atom. The van der Waals surface area contributed by atoms with Crippen LogP contribution in [0.1, 0.15) is 22.3 Å². The number of rotatable bonds is 22. The Labute approximate surface area is 365 Å². The molecule has 0 bridgehead atoms. The van der Waals surface area contributed by atoms with Crippen LogP contribution in [0.25, 0.3) is 0 Å². The molecule has 6 aromatic rings. The highest BCUT2D eigenvalue weighted by atomic mass is 16.6. The van der Waals surface area contributed by atoms with Crippen molar-refractivity contribution in [2.45, 2.75) is 38.4 Å². The monoisotopic (exact) mass is 836 g/mol. The van der Waals surface area contributed by atoms with Crippen molar-refractivity contribution in [2.75, 3.05) is 41.5 Å². The minimum atomic E-state index is -1.11. The number of methoxy groups -OCH3 is 2. The number of ether oxygens (including phenoxy) is 6. The van der Waals surface area contributed by atoms with Crippen molar-refractivity contribution < 1.29 is 38.0 Å². The fraction of sp³-hybridized carbons (Fsp3) is 0.269. The summed E-state index contributed by atoms with van der Waals surface area (Å²) < 4.78 is 36.0. The average Bonchev–Trinajstić information content (AvgIpc) is 3.31. The summed E-state index contributed by atoms with van der Waals surface area (Å²) in [4.78, 5) is 32.5. The fourth-order valence-electron chi connectivity index (χ4n) is 7.40. The van der Waals surface area contributed by atoms with Crippen LogP contribution in [0.15, 0.2) is 170 Å².